The molecule has 3 aromatic carbocycles. The van der Waals surface area contributed by atoms with E-state index in [1.807, 2.05) is 0 Å². The van der Waals surface area contributed by atoms with Crippen LogP contribution in [-0.2, 0) is 16.8 Å². The summed E-state index contributed by atoms with van der Waals surface area (Å²) in [4.78, 5) is 18.0. The number of nitrogens with one attached hydrogen (secondary N) is 1. The summed E-state index contributed by atoms with van der Waals surface area (Å²) in [6.07, 6.45) is 1.04. The van der Waals surface area contributed by atoms with E-state index in [4.69, 9.17) is 14.1 Å². The lowest BCUT2D eigenvalue weighted by atomic mass is 10.0. The van der Waals surface area contributed by atoms with Crippen LogP contribution in [0.2, 0.25) is 0 Å². The summed E-state index contributed by atoms with van der Waals surface area (Å²) < 4.78 is 82.7. The van der Waals surface area contributed by atoms with Crippen LogP contribution in [0.15, 0.2) is 71.1 Å². The zero-order chi connectivity index (χ0) is 31.8. The van der Waals surface area contributed by atoms with Crippen LogP contribution in [0, 0.1) is 17.5 Å². The number of nitrogens with zero attached hydrogens (tertiary/aromatic N) is 3. The molecule has 4 heterocycles. The average Bonchev–Trinajstić information content (AvgIpc) is 3.60. The lowest BCUT2D eigenvalue weighted by Gasteiger charge is -2.23. The topological polar surface area (TPSA) is 107 Å². The van der Waals surface area contributed by atoms with Crippen LogP contribution in [0.3, 0.4) is 0 Å². The van der Waals surface area contributed by atoms with Crippen molar-refractivity contribution in [3.63, 3.8) is 0 Å². The summed E-state index contributed by atoms with van der Waals surface area (Å²) >= 11 is 0. The maximum Gasteiger partial charge on any atom is 0.255 e. The van der Waals surface area contributed by atoms with E-state index < -0.39 is 33.4 Å². The third-order valence-electron chi connectivity index (χ3n) is 7.90. The van der Waals surface area contributed by atoms with E-state index in [-0.39, 0.29) is 34.7 Å². The van der Waals surface area contributed by atoms with Gasteiger partial charge >= 0.3 is 0 Å². The fourth-order valence-corrected chi connectivity index (χ4v) is 6.08. The Kier molecular flexibility index (Phi) is 6.41. The van der Waals surface area contributed by atoms with Gasteiger partial charge in [0.2, 0.25) is 10.0 Å². The highest BCUT2D eigenvalue weighted by Gasteiger charge is 2.28. The molecule has 0 saturated carbocycles. The molecule has 0 saturated heterocycles. The molecule has 1 amide bonds. The minimum Gasteiger partial charge on any atom is -0.470 e. The molecule has 0 unspecified atom stereocenters. The van der Waals surface area contributed by atoms with Gasteiger partial charge in [-0.3, -0.25) is 9.10 Å². The normalized spacial score (nSPS) is 12.6. The first-order valence-electron chi connectivity index (χ1n) is 13.6. The Labute approximate surface area is 254 Å². The second-order valence-electron chi connectivity index (χ2n) is 10.6. The van der Waals surface area contributed by atoms with Gasteiger partial charge in [-0.1, -0.05) is 0 Å². The van der Waals surface area contributed by atoms with Gasteiger partial charge in [-0.2, -0.15) is 0 Å². The lowest BCUT2D eigenvalue weighted by molar-refractivity contribution is 0.0964. The van der Waals surface area contributed by atoms with Gasteiger partial charge in [0.1, 0.15) is 28.6 Å². The Bertz CT molecular complexity index is 2310. The fourth-order valence-electron chi connectivity index (χ4n) is 5.57. The number of amides is 1. The third-order valence-corrected chi connectivity index (χ3v) is 9.09. The number of anilines is 1. The molecule has 0 aliphatic carbocycles. The SMILES string of the molecule is CNC(=O)c1c(-c2ccc(F)cc2)oc2cc(N(C)S(C)(=O)=O)c(-c3ccc4c(n3)-c3cc5c(F)c(F)ccc5n3CO4)cc12. The molecule has 0 fully saturated rings. The first kappa shape index (κ1) is 28.5. The molecule has 1 aliphatic rings. The van der Waals surface area contributed by atoms with E-state index in [1.165, 1.54) is 56.6 Å². The highest BCUT2D eigenvalue weighted by atomic mass is 32.2. The predicted octanol–water partition coefficient (Wildman–Crippen LogP) is 6.31. The van der Waals surface area contributed by atoms with Crippen molar-refractivity contribution in [2.75, 3.05) is 24.7 Å². The number of hydrogen-bond donors (Lipinski definition) is 1. The molecule has 0 bridgehead atoms. The Morgan fingerprint density at radius 1 is 1.00 bits per heavy atom. The molecule has 1 aliphatic heterocycles. The second kappa shape index (κ2) is 10.1. The molecular weight excluding hydrogens is 609 g/mol. The number of rotatable bonds is 5. The van der Waals surface area contributed by atoms with E-state index >= 15 is 0 Å². The van der Waals surface area contributed by atoms with E-state index in [2.05, 4.69) is 5.32 Å². The quantitative estimate of drug-likeness (QED) is 0.239. The van der Waals surface area contributed by atoms with Gasteiger partial charge in [0.25, 0.3) is 5.91 Å². The Balaban J connectivity index is 1.49. The summed E-state index contributed by atoms with van der Waals surface area (Å²) in [7, 11) is -0.957. The number of carbonyl (C=O) groups is 1. The van der Waals surface area contributed by atoms with Crippen LogP contribution >= 0.6 is 0 Å². The zero-order valence-corrected chi connectivity index (χ0v) is 24.8. The third kappa shape index (κ3) is 4.49. The Morgan fingerprint density at radius 3 is 2.47 bits per heavy atom. The van der Waals surface area contributed by atoms with Crippen LogP contribution in [-0.4, -0.2) is 44.2 Å². The zero-order valence-electron chi connectivity index (χ0n) is 24.0. The van der Waals surface area contributed by atoms with E-state index in [0.717, 1.165) is 16.6 Å². The minimum atomic E-state index is -3.79. The molecule has 9 nitrogen and oxygen atoms in total. The number of furan rings is 1. The van der Waals surface area contributed by atoms with Crippen molar-refractivity contribution in [1.29, 1.82) is 0 Å². The van der Waals surface area contributed by atoms with E-state index in [0.29, 0.717) is 44.9 Å². The maximum atomic E-state index is 14.7. The molecule has 7 rings (SSSR count). The van der Waals surface area contributed by atoms with Crippen molar-refractivity contribution in [3.05, 3.63) is 89.7 Å². The van der Waals surface area contributed by atoms with Crippen molar-refractivity contribution in [1.82, 2.24) is 14.9 Å². The number of benzene rings is 3. The molecule has 0 atom stereocenters. The summed E-state index contributed by atoms with van der Waals surface area (Å²) in [5.41, 5.74) is 2.87. The number of fused-ring (bicyclic) bond motifs is 6. The largest absolute Gasteiger partial charge is 0.470 e. The number of pyridine rings is 1. The van der Waals surface area contributed by atoms with Gasteiger partial charge in [0.05, 0.1) is 34.4 Å². The number of ether oxygens (including phenoxy) is 1. The maximum absolute atomic E-state index is 14.7. The van der Waals surface area contributed by atoms with Crippen LogP contribution in [0.4, 0.5) is 18.9 Å². The lowest BCUT2D eigenvalue weighted by Crippen LogP contribution is -2.25. The van der Waals surface area contributed by atoms with Crippen molar-refractivity contribution in [2.24, 2.45) is 0 Å². The summed E-state index contributed by atoms with van der Waals surface area (Å²) in [5.74, 6) is -2.36. The average molecular weight is 633 g/mol. The molecule has 45 heavy (non-hydrogen) atoms. The summed E-state index contributed by atoms with van der Waals surface area (Å²) in [6, 6.07) is 15.8. The van der Waals surface area contributed by atoms with Crippen LogP contribution in [0.1, 0.15) is 10.4 Å². The van der Waals surface area contributed by atoms with E-state index in [1.54, 1.807) is 22.8 Å². The van der Waals surface area contributed by atoms with Crippen molar-refractivity contribution < 1.29 is 35.5 Å². The van der Waals surface area contributed by atoms with Crippen LogP contribution in [0.5, 0.6) is 5.75 Å². The number of aromatic nitrogens is 2. The van der Waals surface area contributed by atoms with Gasteiger partial charge in [-0.15, -0.1) is 0 Å². The molecule has 228 valence electrons. The van der Waals surface area contributed by atoms with E-state index in [9.17, 15) is 26.4 Å². The first-order valence-corrected chi connectivity index (χ1v) is 15.5. The molecule has 3 aromatic heterocycles. The van der Waals surface area contributed by atoms with Crippen LogP contribution in [0.25, 0.3) is 55.8 Å². The van der Waals surface area contributed by atoms with Crippen molar-refractivity contribution in [3.8, 4) is 39.7 Å². The Morgan fingerprint density at radius 2 is 1.76 bits per heavy atom. The van der Waals surface area contributed by atoms with Gasteiger partial charge in [0.15, 0.2) is 18.4 Å². The van der Waals surface area contributed by atoms with Gasteiger partial charge in [-0.05, 0) is 60.7 Å². The number of hydrogen-bond acceptors (Lipinski definition) is 6. The van der Waals surface area contributed by atoms with Gasteiger partial charge < -0.3 is 19.0 Å². The number of sulfonamides is 1. The highest BCUT2D eigenvalue weighted by Crippen LogP contribution is 2.44. The molecular formula is C32H23F3N4O5S. The molecule has 6 aromatic rings. The van der Waals surface area contributed by atoms with Crippen molar-refractivity contribution >= 4 is 43.5 Å². The minimum absolute atomic E-state index is 0.0443. The van der Waals surface area contributed by atoms with Crippen molar-refractivity contribution in [2.45, 2.75) is 6.73 Å². The predicted molar refractivity (Wildman–Crippen MR) is 163 cm³/mol. The smallest absolute Gasteiger partial charge is 0.255 e. The Hall–Kier alpha value is -5.30. The second-order valence-corrected chi connectivity index (χ2v) is 12.6. The van der Waals surface area contributed by atoms with Gasteiger partial charge in [-0.25, -0.2) is 26.6 Å². The summed E-state index contributed by atoms with van der Waals surface area (Å²) in [5, 5.41) is 3.03. The number of halogens is 3. The summed E-state index contributed by atoms with van der Waals surface area (Å²) in [6.45, 7) is 0.0443. The standard InChI is InChI=1S/C32H23F3N4O5S/c1-36-32(40)28-20-12-18(24(38(2)45(3,41)42)14-27(20)44-31(28)16-4-6-17(33)7-5-16)22-9-11-26-30(37-22)25-13-19-23(39(25)15-43-26)10-8-21(34)29(19)35/h4-14H,15H2,1-3H3,(H,36,40). The fraction of sp³-hybridized carbons (Fsp3) is 0.125. The number of carbonyl (C=O) groups excluding carboxylic acids is 1. The molecule has 1 N–H and O–H groups in total. The monoisotopic (exact) mass is 632 g/mol. The van der Waals surface area contributed by atoms with Crippen LogP contribution < -0.4 is 14.4 Å². The molecule has 13 heteroatoms. The first-order chi connectivity index (χ1) is 21.5. The van der Waals surface area contributed by atoms with Gasteiger partial charge in [0, 0.05) is 42.1 Å². The highest BCUT2D eigenvalue weighted by molar-refractivity contribution is 7.92. The molecule has 0 radical (unpaired) electrons. The molecule has 0 spiro atoms.